The fourth-order valence-corrected chi connectivity index (χ4v) is 2.79. The average molecular weight is 308 g/mol. The maximum atomic E-state index is 14.2. The number of oxazole rings is 1. The molecule has 1 unspecified atom stereocenters. The van der Waals surface area contributed by atoms with Gasteiger partial charge in [-0.1, -0.05) is 6.92 Å². The van der Waals surface area contributed by atoms with Gasteiger partial charge in [0.25, 0.3) is 0 Å². The number of nitrogens with zero attached hydrogens (tertiary/aromatic N) is 1. The molecule has 0 saturated carbocycles. The minimum atomic E-state index is -0.695. The number of aryl methyl sites for hydroxylation is 1. The SMILES string of the molecule is CCc1cc(F)cc(F)c1OC(c1ncco1)[C@H]1CCNC1. The molecule has 2 atom stereocenters. The summed E-state index contributed by atoms with van der Waals surface area (Å²) in [6.45, 7) is 3.45. The van der Waals surface area contributed by atoms with E-state index in [0.29, 0.717) is 17.9 Å². The summed E-state index contributed by atoms with van der Waals surface area (Å²) in [7, 11) is 0. The zero-order valence-electron chi connectivity index (χ0n) is 12.3. The van der Waals surface area contributed by atoms with E-state index in [9.17, 15) is 8.78 Å². The van der Waals surface area contributed by atoms with Gasteiger partial charge in [-0.15, -0.1) is 0 Å². The molecule has 0 bridgehead atoms. The largest absolute Gasteiger partial charge is 0.477 e. The lowest BCUT2D eigenvalue weighted by Crippen LogP contribution is -2.22. The Labute approximate surface area is 127 Å². The minimum absolute atomic E-state index is 0.0824. The van der Waals surface area contributed by atoms with Crippen molar-refractivity contribution in [3.63, 3.8) is 0 Å². The van der Waals surface area contributed by atoms with E-state index in [2.05, 4.69) is 10.3 Å². The van der Waals surface area contributed by atoms with Crippen molar-refractivity contribution in [1.29, 1.82) is 0 Å². The fourth-order valence-electron chi connectivity index (χ4n) is 2.79. The molecular formula is C16H18F2N2O2. The smallest absolute Gasteiger partial charge is 0.235 e. The van der Waals surface area contributed by atoms with E-state index in [4.69, 9.17) is 9.15 Å². The van der Waals surface area contributed by atoms with Crippen LogP contribution in [0.4, 0.5) is 8.78 Å². The van der Waals surface area contributed by atoms with Gasteiger partial charge >= 0.3 is 0 Å². The molecule has 1 fully saturated rings. The summed E-state index contributed by atoms with van der Waals surface area (Å²) in [5, 5.41) is 3.25. The van der Waals surface area contributed by atoms with Crippen LogP contribution in [0.25, 0.3) is 0 Å². The van der Waals surface area contributed by atoms with Gasteiger partial charge in [0.1, 0.15) is 12.1 Å². The van der Waals surface area contributed by atoms with E-state index in [1.807, 2.05) is 6.92 Å². The van der Waals surface area contributed by atoms with Crippen molar-refractivity contribution in [2.45, 2.75) is 25.9 Å². The van der Waals surface area contributed by atoms with Gasteiger partial charge in [0.05, 0.1) is 6.20 Å². The molecule has 1 aliphatic heterocycles. The van der Waals surface area contributed by atoms with Crippen molar-refractivity contribution in [2.24, 2.45) is 5.92 Å². The van der Waals surface area contributed by atoms with Crippen molar-refractivity contribution < 1.29 is 17.9 Å². The third kappa shape index (κ3) is 2.97. The molecule has 22 heavy (non-hydrogen) atoms. The summed E-state index contributed by atoms with van der Waals surface area (Å²) >= 11 is 0. The summed E-state index contributed by atoms with van der Waals surface area (Å²) in [5.41, 5.74) is 0.500. The van der Waals surface area contributed by atoms with Crippen LogP contribution in [0.3, 0.4) is 0 Å². The third-order valence-corrected chi connectivity index (χ3v) is 3.93. The predicted octanol–water partition coefficient (Wildman–Crippen LogP) is 3.24. The molecule has 4 nitrogen and oxygen atoms in total. The molecular weight excluding hydrogens is 290 g/mol. The average Bonchev–Trinajstić information content (AvgIpc) is 3.19. The summed E-state index contributed by atoms with van der Waals surface area (Å²) in [6, 6.07) is 2.14. The molecule has 118 valence electrons. The molecule has 0 radical (unpaired) electrons. The Morgan fingerprint density at radius 2 is 2.32 bits per heavy atom. The molecule has 3 rings (SSSR count). The molecule has 1 N–H and O–H groups in total. The Hall–Kier alpha value is -1.95. The summed E-state index contributed by atoms with van der Waals surface area (Å²) in [6.07, 6.45) is 3.88. The number of ether oxygens (including phenoxy) is 1. The summed E-state index contributed by atoms with van der Waals surface area (Å²) in [5.74, 6) is -0.664. The molecule has 0 aliphatic carbocycles. The lowest BCUT2D eigenvalue weighted by molar-refractivity contribution is 0.108. The molecule has 0 spiro atoms. The highest BCUT2D eigenvalue weighted by molar-refractivity contribution is 5.36. The van der Waals surface area contributed by atoms with Crippen LogP contribution in [0.5, 0.6) is 5.75 Å². The van der Waals surface area contributed by atoms with Crippen molar-refractivity contribution in [1.82, 2.24) is 10.3 Å². The first-order valence-electron chi connectivity index (χ1n) is 7.43. The van der Waals surface area contributed by atoms with Crippen LogP contribution < -0.4 is 10.1 Å². The Kier molecular flexibility index (Phi) is 4.38. The first-order valence-corrected chi connectivity index (χ1v) is 7.43. The number of aromatic nitrogens is 1. The summed E-state index contributed by atoms with van der Waals surface area (Å²) in [4.78, 5) is 4.14. The first kappa shape index (κ1) is 15.0. The standard InChI is InChI=1S/C16H18F2N2O2/c1-2-10-7-12(17)8-13(18)14(10)22-15(11-3-4-19-9-11)16-20-5-6-21-16/h5-8,11,15,19H,2-4,9H2,1H3/t11-,15?/m0/s1. The number of benzene rings is 1. The molecule has 1 aromatic heterocycles. The van der Waals surface area contributed by atoms with Gasteiger partial charge in [-0.2, -0.15) is 0 Å². The highest BCUT2D eigenvalue weighted by Gasteiger charge is 2.32. The van der Waals surface area contributed by atoms with E-state index in [0.717, 1.165) is 25.6 Å². The summed E-state index contributed by atoms with van der Waals surface area (Å²) < 4.78 is 38.8. The Morgan fingerprint density at radius 1 is 1.45 bits per heavy atom. The van der Waals surface area contributed by atoms with Gasteiger partial charge in [0, 0.05) is 18.5 Å². The third-order valence-electron chi connectivity index (χ3n) is 3.93. The van der Waals surface area contributed by atoms with E-state index in [1.165, 1.54) is 18.5 Å². The molecule has 2 aromatic rings. The predicted molar refractivity (Wildman–Crippen MR) is 76.6 cm³/mol. The van der Waals surface area contributed by atoms with Crippen molar-refractivity contribution in [3.8, 4) is 5.75 Å². The zero-order chi connectivity index (χ0) is 15.5. The molecule has 6 heteroatoms. The molecule has 1 saturated heterocycles. The Morgan fingerprint density at radius 3 is 2.95 bits per heavy atom. The second-order valence-corrected chi connectivity index (χ2v) is 5.39. The minimum Gasteiger partial charge on any atom is -0.477 e. The van der Waals surface area contributed by atoms with Crippen LogP contribution in [0.1, 0.15) is 30.9 Å². The van der Waals surface area contributed by atoms with E-state index in [-0.39, 0.29) is 11.7 Å². The van der Waals surface area contributed by atoms with Crippen LogP contribution in [0.2, 0.25) is 0 Å². The van der Waals surface area contributed by atoms with Gasteiger partial charge in [-0.3, -0.25) is 0 Å². The van der Waals surface area contributed by atoms with Gasteiger partial charge in [0.15, 0.2) is 17.7 Å². The van der Waals surface area contributed by atoms with Crippen LogP contribution in [0.15, 0.2) is 29.0 Å². The number of rotatable bonds is 5. The fraction of sp³-hybridized carbons (Fsp3) is 0.438. The molecule has 1 aromatic carbocycles. The lowest BCUT2D eigenvalue weighted by atomic mass is 10.0. The van der Waals surface area contributed by atoms with Gasteiger partial charge in [0.2, 0.25) is 5.89 Å². The van der Waals surface area contributed by atoms with Crippen molar-refractivity contribution in [2.75, 3.05) is 13.1 Å². The van der Waals surface area contributed by atoms with Crippen LogP contribution in [0, 0.1) is 17.6 Å². The number of hydrogen-bond acceptors (Lipinski definition) is 4. The normalized spacial score (nSPS) is 19.3. The Bertz CT molecular complexity index is 625. The highest BCUT2D eigenvalue weighted by atomic mass is 19.1. The van der Waals surface area contributed by atoms with Gasteiger partial charge in [-0.05, 0) is 31.0 Å². The van der Waals surface area contributed by atoms with E-state index >= 15 is 0 Å². The van der Waals surface area contributed by atoms with Crippen LogP contribution >= 0.6 is 0 Å². The molecule has 1 aliphatic rings. The van der Waals surface area contributed by atoms with Crippen LogP contribution in [-0.4, -0.2) is 18.1 Å². The molecule has 2 heterocycles. The monoisotopic (exact) mass is 308 g/mol. The lowest BCUT2D eigenvalue weighted by Gasteiger charge is -2.23. The van der Waals surface area contributed by atoms with Crippen molar-refractivity contribution >= 4 is 0 Å². The quantitative estimate of drug-likeness (QED) is 0.921. The van der Waals surface area contributed by atoms with E-state index in [1.54, 1.807) is 0 Å². The van der Waals surface area contributed by atoms with Crippen molar-refractivity contribution in [3.05, 3.63) is 47.7 Å². The maximum absolute atomic E-state index is 14.2. The molecule has 0 amide bonds. The topological polar surface area (TPSA) is 47.3 Å². The first-order chi connectivity index (χ1) is 10.7. The van der Waals surface area contributed by atoms with Gasteiger partial charge in [-0.25, -0.2) is 13.8 Å². The van der Waals surface area contributed by atoms with E-state index < -0.39 is 17.7 Å². The zero-order valence-corrected chi connectivity index (χ0v) is 12.3. The number of hydrogen-bond donors (Lipinski definition) is 1. The second kappa shape index (κ2) is 6.44. The van der Waals surface area contributed by atoms with Gasteiger partial charge < -0.3 is 14.5 Å². The van der Waals surface area contributed by atoms with Crippen LogP contribution in [-0.2, 0) is 6.42 Å². The highest BCUT2D eigenvalue weighted by Crippen LogP contribution is 2.34. The maximum Gasteiger partial charge on any atom is 0.235 e. The number of nitrogens with one attached hydrogen (secondary N) is 1. The number of halogens is 2. The Balaban J connectivity index is 1.94. The second-order valence-electron chi connectivity index (χ2n) is 5.39.